The van der Waals surface area contributed by atoms with Crippen LogP contribution >= 0.6 is 0 Å². The molecule has 0 unspecified atom stereocenters. The highest BCUT2D eigenvalue weighted by Crippen LogP contribution is 2.26. The number of hydrogen-bond acceptors (Lipinski definition) is 2. The van der Waals surface area contributed by atoms with E-state index in [1.807, 2.05) is 85.1 Å². The normalized spacial score (nSPS) is 10.2. The SMILES string of the molecule is O=C(OCCCc1cccc[nH+]1)C(c1ccccc1)c1ccccc1.[Cl-]. The number of carbonyl (C=O) groups excluding carboxylic acids is 1. The number of esters is 1. The molecule has 0 saturated carbocycles. The highest BCUT2D eigenvalue weighted by molar-refractivity contribution is 5.82. The maximum Gasteiger partial charge on any atom is 0.317 e. The maximum absolute atomic E-state index is 12.7. The van der Waals surface area contributed by atoms with Crippen LogP contribution < -0.4 is 17.4 Å². The first-order valence-corrected chi connectivity index (χ1v) is 8.57. The second kappa shape index (κ2) is 10.4. The van der Waals surface area contributed by atoms with Crippen LogP contribution in [-0.4, -0.2) is 12.6 Å². The van der Waals surface area contributed by atoms with Crippen LogP contribution in [0.3, 0.4) is 0 Å². The third-order valence-electron chi connectivity index (χ3n) is 4.11. The van der Waals surface area contributed by atoms with Crippen molar-refractivity contribution < 1.29 is 26.9 Å². The van der Waals surface area contributed by atoms with E-state index in [0.29, 0.717) is 6.61 Å². The van der Waals surface area contributed by atoms with E-state index in [2.05, 4.69) is 4.98 Å². The van der Waals surface area contributed by atoms with Gasteiger partial charge in [-0.1, -0.05) is 66.7 Å². The summed E-state index contributed by atoms with van der Waals surface area (Å²) in [5.74, 6) is -0.583. The highest BCUT2D eigenvalue weighted by atomic mass is 35.5. The van der Waals surface area contributed by atoms with Gasteiger partial charge in [-0.05, 0) is 17.5 Å². The lowest BCUT2D eigenvalue weighted by molar-refractivity contribution is -0.390. The summed E-state index contributed by atoms with van der Waals surface area (Å²) in [5.41, 5.74) is 3.05. The number of aromatic nitrogens is 1. The van der Waals surface area contributed by atoms with Gasteiger partial charge in [-0.15, -0.1) is 0 Å². The minimum absolute atomic E-state index is 0. The van der Waals surface area contributed by atoms with Crippen LogP contribution in [0.1, 0.15) is 29.2 Å². The molecule has 0 saturated heterocycles. The number of carbonyl (C=O) groups is 1. The predicted octanol–water partition coefficient (Wildman–Crippen LogP) is 0.813. The molecule has 0 aliphatic heterocycles. The lowest BCUT2D eigenvalue weighted by Crippen LogP contribution is -3.00. The van der Waals surface area contributed by atoms with E-state index in [1.165, 1.54) is 0 Å². The van der Waals surface area contributed by atoms with Crippen LogP contribution in [0, 0.1) is 0 Å². The number of aryl methyl sites for hydroxylation is 1. The van der Waals surface area contributed by atoms with Crippen LogP contribution in [0.4, 0.5) is 0 Å². The zero-order valence-corrected chi connectivity index (χ0v) is 15.2. The molecule has 0 aliphatic rings. The Balaban J connectivity index is 0.00000243. The zero-order chi connectivity index (χ0) is 17.3. The Morgan fingerprint density at radius 1 is 0.846 bits per heavy atom. The van der Waals surface area contributed by atoms with Crippen molar-refractivity contribution in [2.45, 2.75) is 18.8 Å². The molecule has 4 heteroatoms. The Labute approximate surface area is 160 Å². The number of benzene rings is 2. The van der Waals surface area contributed by atoms with Crippen molar-refractivity contribution >= 4 is 5.97 Å². The van der Waals surface area contributed by atoms with Crippen molar-refractivity contribution in [2.75, 3.05) is 6.61 Å². The second-order valence-electron chi connectivity index (χ2n) is 5.91. The first-order valence-electron chi connectivity index (χ1n) is 8.57. The molecule has 0 atom stereocenters. The lowest BCUT2D eigenvalue weighted by atomic mass is 9.91. The van der Waals surface area contributed by atoms with Crippen LogP contribution in [-0.2, 0) is 16.0 Å². The zero-order valence-electron chi connectivity index (χ0n) is 14.5. The van der Waals surface area contributed by atoms with Crippen molar-refractivity contribution in [3.05, 3.63) is 102 Å². The summed E-state index contributed by atoms with van der Waals surface area (Å²) in [7, 11) is 0. The van der Waals surface area contributed by atoms with Crippen LogP contribution in [0.5, 0.6) is 0 Å². The number of ether oxygens (including phenoxy) is 1. The number of aromatic amines is 1. The van der Waals surface area contributed by atoms with E-state index < -0.39 is 0 Å². The number of hydrogen-bond donors (Lipinski definition) is 0. The number of halogens is 1. The quantitative estimate of drug-likeness (QED) is 0.458. The first kappa shape index (κ1) is 19.7. The van der Waals surface area contributed by atoms with Crippen molar-refractivity contribution in [3.8, 4) is 0 Å². The van der Waals surface area contributed by atoms with Gasteiger partial charge in [0, 0.05) is 18.6 Å². The molecule has 0 aliphatic carbocycles. The van der Waals surface area contributed by atoms with Gasteiger partial charge >= 0.3 is 5.97 Å². The van der Waals surface area contributed by atoms with Gasteiger partial charge in [0.2, 0.25) is 0 Å². The molecule has 0 radical (unpaired) electrons. The Morgan fingerprint density at radius 3 is 1.96 bits per heavy atom. The summed E-state index contributed by atoms with van der Waals surface area (Å²) in [4.78, 5) is 15.9. The van der Waals surface area contributed by atoms with Crippen LogP contribution in [0.25, 0.3) is 0 Å². The van der Waals surface area contributed by atoms with Crippen molar-refractivity contribution in [1.82, 2.24) is 0 Å². The molecule has 26 heavy (non-hydrogen) atoms. The minimum atomic E-state index is -0.384. The summed E-state index contributed by atoms with van der Waals surface area (Å²) in [6.07, 6.45) is 3.56. The molecular formula is C22H22ClNO2. The van der Waals surface area contributed by atoms with E-state index in [-0.39, 0.29) is 24.3 Å². The first-order chi connectivity index (χ1) is 12.3. The van der Waals surface area contributed by atoms with E-state index in [4.69, 9.17) is 4.74 Å². The molecule has 0 amide bonds. The lowest BCUT2D eigenvalue weighted by Gasteiger charge is -2.17. The number of nitrogens with one attached hydrogen (secondary N) is 1. The van der Waals surface area contributed by atoms with E-state index in [9.17, 15) is 4.79 Å². The molecule has 1 N–H and O–H groups in total. The maximum atomic E-state index is 12.7. The summed E-state index contributed by atoms with van der Waals surface area (Å²) in [6.45, 7) is 0.414. The smallest absolute Gasteiger partial charge is 0.317 e. The van der Waals surface area contributed by atoms with Gasteiger partial charge in [-0.2, -0.15) is 0 Å². The summed E-state index contributed by atoms with van der Waals surface area (Å²) < 4.78 is 5.58. The topological polar surface area (TPSA) is 40.4 Å². The Bertz CT molecular complexity index is 740. The minimum Gasteiger partial charge on any atom is -1.00 e. The largest absolute Gasteiger partial charge is 1.00 e. The molecule has 0 bridgehead atoms. The fourth-order valence-electron chi connectivity index (χ4n) is 2.86. The second-order valence-corrected chi connectivity index (χ2v) is 5.91. The van der Waals surface area contributed by atoms with Crippen molar-refractivity contribution in [3.63, 3.8) is 0 Å². The highest BCUT2D eigenvalue weighted by Gasteiger charge is 2.23. The third kappa shape index (κ3) is 5.43. The molecule has 1 heterocycles. The predicted molar refractivity (Wildman–Crippen MR) is 97.0 cm³/mol. The molecule has 0 spiro atoms. The average Bonchev–Trinajstić information content (AvgIpc) is 2.68. The van der Waals surface area contributed by atoms with Crippen LogP contribution in [0.15, 0.2) is 85.1 Å². The van der Waals surface area contributed by atoms with Gasteiger partial charge in [0.1, 0.15) is 5.92 Å². The van der Waals surface area contributed by atoms with E-state index in [0.717, 1.165) is 29.7 Å². The summed E-state index contributed by atoms with van der Waals surface area (Å²) >= 11 is 0. The van der Waals surface area contributed by atoms with E-state index >= 15 is 0 Å². The van der Waals surface area contributed by atoms with Gasteiger partial charge in [0.05, 0.1) is 6.61 Å². The standard InChI is InChI=1S/C22H21NO2.ClH/c24-22(25-17-9-15-20-14-7-8-16-23-20)21(18-10-3-1-4-11-18)19-12-5-2-6-13-19;/h1-8,10-14,16,21H,9,15,17H2;1H. The van der Waals surface area contributed by atoms with E-state index in [1.54, 1.807) is 0 Å². The fraction of sp³-hybridized carbons (Fsp3) is 0.182. The Kier molecular flexibility index (Phi) is 7.84. The fourth-order valence-corrected chi connectivity index (χ4v) is 2.86. The van der Waals surface area contributed by atoms with Gasteiger partial charge < -0.3 is 17.1 Å². The molecule has 0 fully saturated rings. The molecule has 2 aromatic carbocycles. The third-order valence-corrected chi connectivity index (χ3v) is 4.11. The monoisotopic (exact) mass is 367 g/mol. The van der Waals surface area contributed by atoms with Crippen LogP contribution in [0.2, 0.25) is 0 Å². The van der Waals surface area contributed by atoms with Gasteiger partial charge in [-0.25, -0.2) is 4.98 Å². The summed E-state index contributed by atoms with van der Waals surface area (Å²) in [6, 6.07) is 25.6. The Morgan fingerprint density at radius 2 is 1.42 bits per heavy atom. The van der Waals surface area contributed by atoms with Crippen molar-refractivity contribution in [1.29, 1.82) is 0 Å². The molecule has 134 valence electrons. The molecular weight excluding hydrogens is 346 g/mol. The number of pyridine rings is 1. The number of H-pyrrole nitrogens is 1. The van der Waals surface area contributed by atoms with Gasteiger partial charge in [0.15, 0.2) is 11.9 Å². The van der Waals surface area contributed by atoms with Gasteiger partial charge in [0.25, 0.3) is 0 Å². The number of rotatable bonds is 7. The molecule has 3 nitrogen and oxygen atoms in total. The summed E-state index contributed by atoms with van der Waals surface area (Å²) in [5, 5.41) is 0. The Hall–Kier alpha value is -2.65. The van der Waals surface area contributed by atoms with Gasteiger partial charge in [-0.3, -0.25) is 4.79 Å². The molecule has 3 rings (SSSR count). The molecule has 3 aromatic rings. The van der Waals surface area contributed by atoms with Crippen molar-refractivity contribution in [2.24, 2.45) is 0 Å². The molecule has 1 aromatic heterocycles. The average molecular weight is 368 g/mol.